The Balaban J connectivity index is 1.74. The summed E-state index contributed by atoms with van der Waals surface area (Å²) in [6.07, 6.45) is 4.55. The number of furan rings is 1. The second-order valence-corrected chi connectivity index (χ2v) is 6.70. The molecule has 0 fully saturated rings. The van der Waals surface area contributed by atoms with Crippen molar-refractivity contribution < 1.29 is 21.6 Å². The molecule has 0 aliphatic heterocycles. The summed E-state index contributed by atoms with van der Waals surface area (Å²) in [4.78, 5) is 3.47. The number of halogens is 2. The molecule has 3 aromatic rings. The molecule has 0 aliphatic carbocycles. The van der Waals surface area contributed by atoms with Crippen LogP contribution in [0.25, 0.3) is 11.3 Å². The van der Waals surface area contributed by atoms with Gasteiger partial charge >= 0.3 is 0 Å². The van der Waals surface area contributed by atoms with Crippen molar-refractivity contribution in [2.24, 2.45) is 0 Å². The average Bonchev–Trinajstić information content (AvgIpc) is 3.10. The molecule has 2 aromatic heterocycles. The highest BCUT2D eigenvalue weighted by Crippen LogP contribution is 2.18. The Bertz CT molecular complexity index is 940. The molecule has 8 heteroatoms. The van der Waals surface area contributed by atoms with E-state index in [1.54, 1.807) is 18.2 Å². The van der Waals surface area contributed by atoms with E-state index < -0.39 is 26.6 Å². The Kier molecular flexibility index (Phi) is 4.41. The third-order valence-electron chi connectivity index (χ3n) is 3.29. The van der Waals surface area contributed by atoms with E-state index >= 15 is 0 Å². The van der Waals surface area contributed by atoms with Crippen LogP contribution in [0, 0.1) is 11.6 Å². The minimum Gasteiger partial charge on any atom is -0.472 e. The highest BCUT2D eigenvalue weighted by atomic mass is 32.2. The van der Waals surface area contributed by atoms with Gasteiger partial charge in [0.1, 0.15) is 16.5 Å². The lowest BCUT2D eigenvalue weighted by Gasteiger charge is -2.08. The number of hydrogen-bond acceptors (Lipinski definition) is 4. The van der Waals surface area contributed by atoms with Gasteiger partial charge in [0.25, 0.3) is 0 Å². The van der Waals surface area contributed by atoms with Crippen LogP contribution in [0.4, 0.5) is 8.78 Å². The summed E-state index contributed by atoms with van der Waals surface area (Å²) < 4.78 is 58.1. The Labute approximate surface area is 137 Å². The van der Waals surface area contributed by atoms with E-state index in [0.29, 0.717) is 17.3 Å². The minimum atomic E-state index is -4.17. The van der Waals surface area contributed by atoms with Gasteiger partial charge < -0.3 is 4.42 Å². The second-order valence-electron chi connectivity index (χ2n) is 4.96. The molecule has 1 aromatic carbocycles. The Morgan fingerprint density at radius 3 is 2.62 bits per heavy atom. The SMILES string of the molecule is O=S(=O)(NCc1ccc(-c2ccoc2)nc1)c1cc(F)ccc1F. The molecule has 24 heavy (non-hydrogen) atoms. The van der Waals surface area contributed by atoms with Crippen molar-refractivity contribution in [3.63, 3.8) is 0 Å². The van der Waals surface area contributed by atoms with E-state index in [0.717, 1.165) is 17.7 Å². The summed E-state index contributed by atoms with van der Waals surface area (Å²) in [6, 6.07) is 7.39. The molecule has 2 heterocycles. The Hall–Kier alpha value is -2.58. The van der Waals surface area contributed by atoms with Crippen molar-refractivity contribution in [1.82, 2.24) is 9.71 Å². The lowest BCUT2D eigenvalue weighted by Crippen LogP contribution is -2.24. The van der Waals surface area contributed by atoms with Crippen molar-refractivity contribution in [2.45, 2.75) is 11.4 Å². The van der Waals surface area contributed by atoms with Crippen LogP contribution < -0.4 is 4.72 Å². The van der Waals surface area contributed by atoms with Gasteiger partial charge in [-0.2, -0.15) is 0 Å². The van der Waals surface area contributed by atoms with Crippen LogP contribution in [0.2, 0.25) is 0 Å². The molecule has 124 valence electrons. The van der Waals surface area contributed by atoms with Gasteiger partial charge in [0.15, 0.2) is 0 Å². The quantitative estimate of drug-likeness (QED) is 0.767. The molecule has 0 saturated heterocycles. The largest absolute Gasteiger partial charge is 0.472 e. The first-order valence-electron chi connectivity index (χ1n) is 6.88. The van der Waals surface area contributed by atoms with Crippen molar-refractivity contribution >= 4 is 10.0 Å². The third kappa shape index (κ3) is 3.50. The highest BCUT2D eigenvalue weighted by molar-refractivity contribution is 7.89. The maximum Gasteiger partial charge on any atom is 0.243 e. The summed E-state index contributed by atoms with van der Waals surface area (Å²) in [5, 5.41) is 0. The van der Waals surface area contributed by atoms with Gasteiger partial charge in [-0.05, 0) is 35.9 Å². The molecule has 0 aliphatic rings. The summed E-state index contributed by atoms with van der Waals surface area (Å²) >= 11 is 0. The number of benzene rings is 1. The molecule has 0 saturated carbocycles. The second kappa shape index (κ2) is 6.50. The zero-order valence-electron chi connectivity index (χ0n) is 12.2. The molecular formula is C16H12F2N2O3S. The van der Waals surface area contributed by atoms with Crippen LogP contribution in [0.3, 0.4) is 0 Å². The topological polar surface area (TPSA) is 72.2 Å². The zero-order chi connectivity index (χ0) is 17.2. The predicted molar refractivity (Wildman–Crippen MR) is 82.3 cm³/mol. The number of nitrogens with one attached hydrogen (secondary N) is 1. The zero-order valence-corrected chi connectivity index (χ0v) is 13.1. The van der Waals surface area contributed by atoms with E-state index in [9.17, 15) is 17.2 Å². The minimum absolute atomic E-state index is 0.100. The number of rotatable bonds is 5. The number of sulfonamides is 1. The van der Waals surface area contributed by atoms with Gasteiger partial charge in [0, 0.05) is 18.3 Å². The summed E-state index contributed by atoms with van der Waals surface area (Å²) in [5.41, 5.74) is 2.04. The molecule has 0 unspecified atom stereocenters. The number of aromatic nitrogens is 1. The van der Waals surface area contributed by atoms with E-state index in [1.165, 1.54) is 18.7 Å². The third-order valence-corrected chi connectivity index (χ3v) is 4.71. The fourth-order valence-corrected chi connectivity index (χ4v) is 3.15. The van der Waals surface area contributed by atoms with Gasteiger partial charge in [0.05, 0.1) is 18.2 Å². The number of pyridine rings is 1. The molecule has 3 rings (SSSR count). The van der Waals surface area contributed by atoms with Gasteiger partial charge in [0.2, 0.25) is 10.0 Å². The van der Waals surface area contributed by atoms with Gasteiger partial charge in [-0.1, -0.05) is 6.07 Å². The average molecular weight is 350 g/mol. The Morgan fingerprint density at radius 1 is 1.12 bits per heavy atom. The fourth-order valence-electron chi connectivity index (χ4n) is 2.05. The van der Waals surface area contributed by atoms with Crippen molar-refractivity contribution in [2.75, 3.05) is 0 Å². The maximum absolute atomic E-state index is 13.6. The molecule has 0 atom stereocenters. The molecule has 0 radical (unpaired) electrons. The van der Waals surface area contributed by atoms with Gasteiger partial charge in [-0.15, -0.1) is 0 Å². The summed E-state index contributed by atoms with van der Waals surface area (Å²) in [5.74, 6) is -1.85. The van der Waals surface area contributed by atoms with E-state index in [-0.39, 0.29) is 6.54 Å². The maximum atomic E-state index is 13.6. The monoisotopic (exact) mass is 350 g/mol. The van der Waals surface area contributed by atoms with Crippen LogP contribution in [0.1, 0.15) is 5.56 Å². The summed E-state index contributed by atoms with van der Waals surface area (Å²) in [7, 11) is -4.17. The first-order chi connectivity index (χ1) is 11.5. The number of hydrogen-bond donors (Lipinski definition) is 1. The van der Waals surface area contributed by atoms with Crippen LogP contribution in [-0.2, 0) is 16.6 Å². The number of nitrogens with zero attached hydrogens (tertiary/aromatic N) is 1. The summed E-state index contributed by atoms with van der Waals surface area (Å²) in [6.45, 7) is -0.100. The Morgan fingerprint density at radius 2 is 1.96 bits per heavy atom. The van der Waals surface area contributed by atoms with Gasteiger partial charge in [-0.3, -0.25) is 4.98 Å². The molecule has 5 nitrogen and oxygen atoms in total. The molecule has 0 spiro atoms. The van der Waals surface area contributed by atoms with Crippen LogP contribution in [-0.4, -0.2) is 13.4 Å². The smallest absolute Gasteiger partial charge is 0.243 e. The molecule has 1 N–H and O–H groups in total. The van der Waals surface area contributed by atoms with E-state index in [4.69, 9.17) is 4.42 Å². The highest BCUT2D eigenvalue weighted by Gasteiger charge is 2.19. The van der Waals surface area contributed by atoms with Crippen molar-refractivity contribution in [3.8, 4) is 11.3 Å². The standard InChI is InChI=1S/C16H12F2N2O3S/c17-13-2-3-14(18)16(7-13)24(21,22)20-9-11-1-4-15(19-8-11)12-5-6-23-10-12/h1-8,10,20H,9H2. The lowest BCUT2D eigenvalue weighted by atomic mass is 10.2. The van der Waals surface area contributed by atoms with E-state index in [2.05, 4.69) is 9.71 Å². The molecular weight excluding hydrogens is 338 g/mol. The van der Waals surface area contributed by atoms with Crippen molar-refractivity contribution in [1.29, 1.82) is 0 Å². The van der Waals surface area contributed by atoms with E-state index in [1.807, 2.05) is 0 Å². The van der Waals surface area contributed by atoms with Crippen LogP contribution >= 0.6 is 0 Å². The van der Waals surface area contributed by atoms with Crippen molar-refractivity contribution in [3.05, 3.63) is 72.3 Å². The fraction of sp³-hybridized carbons (Fsp3) is 0.0625. The van der Waals surface area contributed by atoms with Gasteiger partial charge in [-0.25, -0.2) is 21.9 Å². The first kappa shape index (κ1) is 16.3. The predicted octanol–water partition coefficient (Wildman–Crippen LogP) is 3.10. The lowest BCUT2D eigenvalue weighted by molar-refractivity contribution is 0.545. The molecule has 0 amide bonds. The van der Waals surface area contributed by atoms with Crippen LogP contribution in [0.5, 0.6) is 0 Å². The normalized spacial score (nSPS) is 11.6. The molecule has 0 bridgehead atoms. The first-order valence-corrected chi connectivity index (χ1v) is 8.36. The van der Waals surface area contributed by atoms with Crippen LogP contribution in [0.15, 0.2) is 64.4 Å².